The Kier molecular flexibility index (Phi) is 3.92. The molecule has 0 atom stereocenters. The summed E-state index contributed by atoms with van der Waals surface area (Å²) in [6, 6.07) is 5.91. The summed E-state index contributed by atoms with van der Waals surface area (Å²) in [5.74, 6) is 0. The Bertz CT molecular complexity index is 342. The zero-order valence-electron chi connectivity index (χ0n) is 8.36. The molecule has 1 rings (SSSR count). The van der Waals surface area contributed by atoms with Gasteiger partial charge in [0.15, 0.2) is 0 Å². The second-order valence-electron chi connectivity index (χ2n) is 3.12. The lowest BCUT2D eigenvalue weighted by Crippen LogP contribution is -1.92. The van der Waals surface area contributed by atoms with Gasteiger partial charge in [0.25, 0.3) is 0 Å². The Balaban J connectivity index is 2.83. The van der Waals surface area contributed by atoms with Gasteiger partial charge in [0, 0.05) is 12.1 Å². The minimum absolute atomic E-state index is 0.464. The molecule has 0 aliphatic heterocycles. The fourth-order valence-corrected chi connectivity index (χ4v) is 1.30. The van der Waals surface area contributed by atoms with E-state index in [1.807, 2.05) is 24.3 Å². The van der Waals surface area contributed by atoms with Crippen molar-refractivity contribution in [3.63, 3.8) is 0 Å². The summed E-state index contributed by atoms with van der Waals surface area (Å²) < 4.78 is 0. The van der Waals surface area contributed by atoms with E-state index in [1.54, 1.807) is 0 Å². The standard InChI is InChI=1S/C12H15NO/c1-2-11-9-10(5-3-4-8-14)6-7-12(11)13/h3,5-9H,2,4,13H2,1H3. The molecule has 0 bridgehead atoms. The van der Waals surface area contributed by atoms with Crippen LogP contribution in [0, 0.1) is 0 Å². The molecule has 0 saturated heterocycles. The fraction of sp³-hybridized carbons (Fsp3) is 0.250. The highest BCUT2D eigenvalue weighted by Gasteiger charge is 1.96. The molecule has 0 aliphatic carbocycles. The van der Waals surface area contributed by atoms with Gasteiger partial charge in [-0.3, -0.25) is 0 Å². The zero-order chi connectivity index (χ0) is 10.4. The lowest BCUT2D eigenvalue weighted by molar-refractivity contribution is -0.107. The van der Waals surface area contributed by atoms with E-state index in [-0.39, 0.29) is 0 Å². The van der Waals surface area contributed by atoms with E-state index in [0.717, 1.165) is 29.5 Å². The van der Waals surface area contributed by atoms with E-state index in [1.165, 1.54) is 0 Å². The van der Waals surface area contributed by atoms with Crippen LogP contribution in [0.2, 0.25) is 0 Å². The number of nitrogen functional groups attached to an aromatic ring is 1. The number of aldehydes is 1. The van der Waals surface area contributed by atoms with Gasteiger partial charge >= 0.3 is 0 Å². The molecular formula is C12H15NO. The number of aryl methyl sites for hydroxylation is 1. The number of allylic oxidation sites excluding steroid dienone is 1. The predicted octanol–water partition coefficient (Wildman–Crippen LogP) is 2.43. The van der Waals surface area contributed by atoms with Crippen LogP contribution in [-0.4, -0.2) is 6.29 Å². The zero-order valence-corrected chi connectivity index (χ0v) is 8.36. The molecule has 0 saturated carbocycles. The van der Waals surface area contributed by atoms with Gasteiger partial charge in [-0.2, -0.15) is 0 Å². The van der Waals surface area contributed by atoms with Crippen molar-refractivity contribution in [3.8, 4) is 0 Å². The van der Waals surface area contributed by atoms with Crippen LogP contribution in [-0.2, 0) is 11.2 Å². The van der Waals surface area contributed by atoms with Gasteiger partial charge in [0.1, 0.15) is 6.29 Å². The molecule has 14 heavy (non-hydrogen) atoms. The van der Waals surface area contributed by atoms with Gasteiger partial charge < -0.3 is 10.5 Å². The van der Waals surface area contributed by atoms with Gasteiger partial charge in [-0.05, 0) is 29.7 Å². The summed E-state index contributed by atoms with van der Waals surface area (Å²) in [6.45, 7) is 2.07. The van der Waals surface area contributed by atoms with Gasteiger partial charge in [-0.25, -0.2) is 0 Å². The third-order valence-electron chi connectivity index (χ3n) is 2.09. The first-order valence-corrected chi connectivity index (χ1v) is 4.76. The number of hydrogen-bond acceptors (Lipinski definition) is 2. The number of rotatable bonds is 4. The van der Waals surface area contributed by atoms with Crippen LogP contribution in [0.15, 0.2) is 24.3 Å². The molecule has 0 radical (unpaired) electrons. The summed E-state index contributed by atoms with van der Waals surface area (Å²) in [6.07, 6.45) is 6.06. The Hall–Kier alpha value is -1.57. The van der Waals surface area contributed by atoms with Crippen LogP contribution in [0.25, 0.3) is 6.08 Å². The number of carbonyl (C=O) groups excluding carboxylic acids is 1. The van der Waals surface area contributed by atoms with Crippen LogP contribution < -0.4 is 5.73 Å². The molecule has 0 unspecified atom stereocenters. The molecule has 0 heterocycles. The van der Waals surface area contributed by atoms with Crippen LogP contribution in [0.4, 0.5) is 5.69 Å². The average Bonchev–Trinajstić information content (AvgIpc) is 2.21. The van der Waals surface area contributed by atoms with Crippen molar-refractivity contribution < 1.29 is 4.79 Å². The number of carbonyl (C=O) groups is 1. The van der Waals surface area contributed by atoms with Crippen LogP contribution in [0.1, 0.15) is 24.5 Å². The number of hydrogen-bond donors (Lipinski definition) is 1. The first-order valence-electron chi connectivity index (χ1n) is 4.76. The molecule has 0 spiro atoms. The van der Waals surface area contributed by atoms with Crippen molar-refractivity contribution in [2.24, 2.45) is 0 Å². The average molecular weight is 189 g/mol. The van der Waals surface area contributed by atoms with Crippen molar-refractivity contribution in [1.29, 1.82) is 0 Å². The molecule has 2 nitrogen and oxygen atoms in total. The first-order chi connectivity index (χ1) is 6.77. The summed E-state index contributed by atoms with van der Waals surface area (Å²) in [5, 5.41) is 0. The molecule has 1 aromatic carbocycles. The summed E-state index contributed by atoms with van der Waals surface area (Å²) in [4.78, 5) is 10.1. The van der Waals surface area contributed by atoms with Crippen molar-refractivity contribution in [2.75, 3.05) is 5.73 Å². The van der Waals surface area contributed by atoms with E-state index in [0.29, 0.717) is 6.42 Å². The third kappa shape index (κ3) is 2.73. The van der Waals surface area contributed by atoms with Crippen LogP contribution >= 0.6 is 0 Å². The van der Waals surface area contributed by atoms with Gasteiger partial charge in [0.2, 0.25) is 0 Å². The second-order valence-corrected chi connectivity index (χ2v) is 3.12. The minimum Gasteiger partial charge on any atom is -0.399 e. The van der Waals surface area contributed by atoms with E-state index >= 15 is 0 Å². The normalized spacial score (nSPS) is 10.6. The molecule has 1 aromatic rings. The number of nitrogens with two attached hydrogens (primary N) is 1. The lowest BCUT2D eigenvalue weighted by Gasteiger charge is -2.03. The largest absolute Gasteiger partial charge is 0.399 e. The van der Waals surface area contributed by atoms with E-state index in [4.69, 9.17) is 5.73 Å². The van der Waals surface area contributed by atoms with Crippen molar-refractivity contribution >= 4 is 18.0 Å². The minimum atomic E-state index is 0.464. The van der Waals surface area contributed by atoms with Crippen molar-refractivity contribution in [2.45, 2.75) is 19.8 Å². The maximum Gasteiger partial charge on any atom is 0.123 e. The Morgan fingerprint density at radius 2 is 2.21 bits per heavy atom. The first kappa shape index (κ1) is 10.5. The molecule has 2 heteroatoms. The predicted molar refractivity (Wildman–Crippen MR) is 59.9 cm³/mol. The number of anilines is 1. The number of benzene rings is 1. The lowest BCUT2D eigenvalue weighted by atomic mass is 10.1. The van der Waals surface area contributed by atoms with E-state index < -0.39 is 0 Å². The van der Waals surface area contributed by atoms with Crippen molar-refractivity contribution in [1.82, 2.24) is 0 Å². The highest BCUT2D eigenvalue weighted by atomic mass is 16.1. The van der Waals surface area contributed by atoms with Gasteiger partial charge in [-0.1, -0.05) is 25.1 Å². The molecule has 74 valence electrons. The van der Waals surface area contributed by atoms with E-state index in [9.17, 15) is 4.79 Å². The summed E-state index contributed by atoms with van der Waals surface area (Å²) in [7, 11) is 0. The summed E-state index contributed by atoms with van der Waals surface area (Å²) in [5.41, 5.74) is 8.85. The van der Waals surface area contributed by atoms with Gasteiger partial charge in [0.05, 0.1) is 0 Å². The smallest absolute Gasteiger partial charge is 0.123 e. The van der Waals surface area contributed by atoms with Crippen molar-refractivity contribution in [3.05, 3.63) is 35.4 Å². The van der Waals surface area contributed by atoms with E-state index in [2.05, 4.69) is 13.0 Å². The second kappa shape index (κ2) is 5.22. The molecule has 0 amide bonds. The molecule has 0 fully saturated rings. The molecule has 0 aliphatic rings. The quantitative estimate of drug-likeness (QED) is 0.584. The Labute approximate surface area is 84.4 Å². The Morgan fingerprint density at radius 1 is 1.43 bits per heavy atom. The third-order valence-corrected chi connectivity index (χ3v) is 2.09. The van der Waals surface area contributed by atoms with Gasteiger partial charge in [-0.15, -0.1) is 0 Å². The SMILES string of the molecule is CCc1cc(C=CCC=O)ccc1N. The van der Waals surface area contributed by atoms with Crippen LogP contribution in [0.3, 0.4) is 0 Å². The maximum atomic E-state index is 10.1. The highest BCUT2D eigenvalue weighted by Crippen LogP contribution is 2.15. The monoisotopic (exact) mass is 189 g/mol. The fourth-order valence-electron chi connectivity index (χ4n) is 1.30. The van der Waals surface area contributed by atoms with Crippen LogP contribution in [0.5, 0.6) is 0 Å². The molecule has 2 N–H and O–H groups in total. The molecular weight excluding hydrogens is 174 g/mol. The maximum absolute atomic E-state index is 10.1. The topological polar surface area (TPSA) is 43.1 Å². The Morgan fingerprint density at radius 3 is 2.86 bits per heavy atom. The summed E-state index contributed by atoms with van der Waals surface area (Å²) >= 11 is 0. The highest BCUT2D eigenvalue weighted by molar-refractivity contribution is 5.61. The molecule has 0 aromatic heterocycles.